The second kappa shape index (κ2) is 10.6. The Morgan fingerprint density at radius 2 is 1.72 bits per heavy atom. The van der Waals surface area contributed by atoms with E-state index < -0.39 is 0 Å². The van der Waals surface area contributed by atoms with Crippen LogP contribution in [-0.4, -0.2) is 71.2 Å². The molecule has 0 amide bonds. The van der Waals surface area contributed by atoms with Gasteiger partial charge in [-0.2, -0.15) is 5.10 Å². The molecule has 4 rings (SSSR count). The average molecular weight is 437 g/mol. The number of aliphatic hydroxyl groups excluding tert-OH is 1. The van der Waals surface area contributed by atoms with Crippen LogP contribution >= 0.6 is 0 Å². The van der Waals surface area contributed by atoms with Crippen LogP contribution in [0.4, 0.5) is 0 Å². The van der Waals surface area contributed by atoms with E-state index >= 15 is 0 Å². The lowest BCUT2D eigenvalue weighted by molar-refractivity contribution is 0.0499. The first kappa shape index (κ1) is 22.3. The lowest BCUT2D eigenvalue weighted by Crippen LogP contribution is -2.52. The van der Waals surface area contributed by atoms with Gasteiger partial charge >= 0.3 is 0 Å². The number of benzene rings is 2. The number of para-hydroxylation sites is 1. The summed E-state index contributed by atoms with van der Waals surface area (Å²) in [5.74, 6) is 1.60. The van der Waals surface area contributed by atoms with Crippen molar-refractivity contribution < 1.29 is 14.6 Å². The predicted octanol–water partition coefficient (Wildman–Crippen LogP) is 2.96. The predicted molar refractivity (Wildman–Crippen MR) is 124 cm³/mol. The molecule has 1 aliphatic rings. The molecule has 7 nitrogen and oxygen atoms in total. The fourth-order valence-corrected chi connectivity index (χ4v) is 4.35. The summed E-state index contributed by atoms with van der Waals surface area (Å²) in [7, 11) is 3.34. The first-order valence-corrected chi connectivity index (χ1v) is 11.1. The Morgan fingerprint density at radius 3 is 2.41 bits per heavy atom. The zero-order valence-electron chi connectivity index (χ0n) is 18.9. The Labute approximate surface area is 189 Å². The van der Waals surface area contributed by atoms with Gasteiger partial charge < -0.3 is 14.6 Å². The molecule has 0 radical (unpaired) electrons. The van der Waals surface area contributed by atoms with E-state index in [-0.39, 0.29) is 12.6 Å². The van der Waals surface area contributed by atoms with Gasteiger partial charge in [-0.05, 0) is 36.2 Å². The van der Waals surface area contributed by atoms with Crippen molar-refractivity contribution in [2.45, 2.75) is 25.6 Å². The zero-order valence-corrected chi connectivity index (χ0v) is 18.9. The Balaban J connectivity index is 1.41. The van der Waals surface area contributed by atoms with Crippen molar-refractivity contribution in [1.29, 1.82) is 0 Å². The maximum atomic E-state index is 9.67. The number of hydrogen-bond acceptors (Lipinski definition) is 6. The second-order valence-corrected chi connectivity index (χ2v) is 8.22. The van der Waals surface area contributed by atoms with Crippen molar-refractivity contribution in [3.8, 4) is 17.2 Å². The number of ether oxygens (including phenoxy) is 2. The first-order chi connectivity index (χ1) is 15.7. The van der Waals surface area contributed by atoms with Crippen molar-refractivity contribution in [3.05, 3.63) is 72.1 Å². The standard InChI is InChI=1S/C25H32N4O3/c1-31-24-12-20(13-25(14-24)32-2)17-28-10-9-27(19-23(28)8-11-30)16-21-15-26-29(18-21)22-6-4-3-5-7-22/h3-7,12-15,18,23,30H,8-11,16-17,19H2,1-2H3/t23-/m0/s1. The third-order valence-corrected chi connectivity index (χ3v) is 6.01. The summed E-state index contributed by atoms with van der Waals surface area (Å²) in [4.78, 5) is 4.91. The van der Waals surface area contributed by atoms with E-state index in [0.29, 0.717) is 0 Å². The van der Waals surface area contributed by atoms with Gasteiger partial charge in [-0.15, -0.1) is 0 Å². The highest BCUT2D eigenvalue weighted by atomic mass is 16.5. The van der Waals surface area contributed by atoms with Crippen molar-refractivity contribution in [2.75, 3.05) is 40.5 Å². The molecular weight excluding hydrogens is 404 g/mol. The largest absolute Gasteiger partial charge is 0.497 e. The molecule has 3 aromatic rings. The smallest absolute Gasteiger partial charge is 0.122 e. The molecule has 0 aliphatic carbocycles. The van der Waals surface area contributed by atoms with Gasteiger partial charge in [0.1, 0.15) is 11.5 Å². The van der Waals surface area contributed by atoms with E-state index in [4.69, 9.17) is 9.47 Å². The Hall–Kier alpha value is -2.87. The molecular formula is C25H32N4O3. The number of nitrogens with zero attached hydrogens (tertiary/aromatic N) is 4. The number of aromatic nitrogens is 2. The summed E-state index contributed by atoms with van der Waals surface area (Å²) in [6, 6.07) is 16.5. The highest BCUT2D eigenvalue weighted by molar-refractivity contribution is 5.38. The third-order valence-electron chi connectivity index (χ3n) is 6.01. The molecule has 2 heterocycles. The lowest BCUT2D eigenvalue weighted by atomic mass is 10.1. The molecule has 1 saturated heterocycles. The fraction of sp³-hybridized carbons (Fsp3) is 0.400. The molecule has 1 fully saturated rings. The van der Waals surface area contributed by atoms with Gasteiger partial charge in [-0.3, -0.25) is 9.80 Å². The Morgan fingerprint density at radius 1 is 0.969 bits per heavy atom. The van der Waals surface area contributed by atoms with Gasteiger partial charge in [0.25, 0.3) is 0 Å². The van der Waals surface area contributed by atoms with Crippen molar-refractivity contribution >= 4 is 0 Å². The van der Waals surface area contributed by atoms with Gasteiger partial charge in [-0.25, -0.2) is 4.68 Å². The second-order valence-electron chi connectivity index (χ2n) is 8.22. The van der Waals surface area contributed by atoms with E-state index in [2.05, 4.69) is 45.4 Å². The van der Waals surface area contributed by atoms with Crippen LogP contribution in [0.1, 0.15) is 17.5 Å². The van der Waals surface area contributed by atoms with Crippen molar-refractivity contribution in [2.24, 2.45) is 0 Å². The molecule has 1 N–H and O–H groups in total. The van der Waals surface area contributed by atoms with Gasteiger partial charge in [0.2, 0.25) is 0 Å². The van der Waals surface area contributed by atoms with E-state index in [1.807, 2.05) is 35.1 Å². The molecule has 0 unspecified atom stereocenters. The molecule has 0 spiro atoms. The quantitative estimate of drug-likeness (QED) is 0.557. The minimum absolute atomic E-state index is 0.183. The summed E-state index contributed by atoms with van der Waals surface area (Å²) in [6.07, 6.45) is 4.80. The molecule has 1 aliphatic heterocycles. The monoisotopic (exact) mass is 436 g/mol. The van der Waals surface area contributed by atoms with Crippen molar-refractivity contribution in [1.82, 2.24) is 19.6 Å². The van der Waals surface area contributed by atoms with E-state index in [1.54, 1.807) is 14.2 Å². The summed E-state index contributed by atoms with van der Waals surface area (Å²) in [5.41, 5.74) is 3.42. The van der Waals surface area contributed by atoms with Crippen LogP contribution in [0, 0.1) is 0 Å². The third kappa shape index (κ3) is 5.48. The molecule has 32 heavy (non-hydrogen) atoms. The highest BCUT2D eigenvalue weighted by Crippen LogP contribution is 2.25. The minimum atomic E-state index is 0.183. The van der Waals surface area contributed by atoms with Crippen LogP contribution in [-0.2, 0) is 13.1 Å². The van der Waals surface area contributed by atoms with Crippen LogP contribution in [0.25, 0.3) is 5.69 Å². The topological polar surface area (TPSA) is 63.0 Å². The van der Waals surface area contributed by atoms with Gasteiger partial charge in [0.05, 0.1) is 26.1 Å². The molecule has 0 saturated carbocycles. The van der Waals surface area contributed by atoms with Crippen LogP contribution < -0.4 is 9.47 Å². The van der Waals surface area contributed by atoms with Crippen LogP contribution in [0.15, 0.2) is 60.9 Å². The maximum absolute atomic E-state index is 9.67. The van der Waals surface area contributed by atoms with Gasteiger partial charge in [-0.1, -0.05) is 18.2 Å². The minimum Gasteiger partial charge on any atom is -0.497 e. The number of methoxy groups -OCH3 is 2. The fourth-order valence-electron chi connectivity index (χ4n) is 4.35. The summed E-state index contributed by atoms with van der Waals surface area (Å²) >= 11 is 0. The van der Waals surface area contributed by atoms with Crippen molar-refractivity contribution in [3.63, 3.8) is 0 Å². The highest BCUT2D eigenvalue weighted by Gasteiger charge is 2.27. The number of rotatable bonds is 9. The van der Waals surface area contributed by atoms with Crippen LogP contribution in [0.5, 0.6) is 11.5 Å². The number of aliphatic hydroxyl groups is 1. The molecule has 0 bridgehead atoms. The zero-order chi connectivity index (χ0) is 22.3. The summed E-state index contributed by atoms with van der Waals surface area (Å²) < 4.78 is 12.8. The SMILES string of the molecule is COc1cc(CN2CCN(Cc3cnn(-c4ccccc4)c3)C[C@@H]2CCO)cc(OC)c1. The summed E-state index contributed by atoms with van der Waals surface area (Å²) in [5, 5.41) is 14.2. The Kier molecular flexibility index (Phi) is 7.42. The van der Waals surface area contributed by atoms with Crippen LogP contribution in [0.2, 0.25) is 0 Å². The number of piperazine rings is 1. The molecule has 7 heteroatoms. The Bertz CT molecular complexity index is 970. The maximum Gasteiger partial charge on any atom is 0.122 e. The van der Waals surface area contributed by atoms with E-state index in [1.165, 1.54) is 5.56 Å². The van der Waals surface area contributed by atoms with Gasteiger partial charge in [0, 0.05) is 63.2 Å². The average Bonchev–Trinajstić information content (AvgIpc) is 3.29. The normalized spacial score (nSPS) is 17.4. The summed E-state index contributed by atoms with van der Waals surface area (Å²) in [6.45, 7) is 4.67. The molecule has 1 atom stereocenters. The van der Waals surface area contributed by atoms with E-state index in [9.17, 15) is 5.11 Å². The molecule has 1 aromatic heterocycles. The van der Waals surface area contributed by atoms with E-state index in [0.717, 1.165) is 61.9 Å². The molecule has 2 aromatic carbocycles. The van der Waals surface area contributed by atoms with Crippen LogP contribution in [0.3, 0.4) is 0 Å². The number of hydrogen-bond donors (Lipinski definition) is 1. The molecule has 170 valence electrons. The van der Waals surface area contributed by atoms with Gasteiger partial charge in [0.15, 0.2) is 0 Å². The lowest BCUT2D eigenvalue weighted by Gasteiger charge is -2.41. The first-order valence-electron chi connectivity index (χ1n) is 11.1.